The van der Waals surface area contributed by atoms with Crippen LogP contribution in [0.1, 0.15) is 6.92 Å². The van der Waals surface area contributed by atoms with Crippen LogP contribution in [0.25, 0.3) is 11.0 Å². The second-order valence-corrected chi connectivity index (χ2v) is 3.22. The Labute approximate surface area is 80.0 Å². The standard InChI is InChI=1S/C9H9FN2S/c1-2-12-8-5-6(10)3-4-7(8)11-9(12)13/h3-5H,2H2,1H3,(H,11,13). The van der Waals surface area contributed by atoms with Crippen LogP contribution in [0.2, 0.25) is 0 Å². The fourth-order valence-corrected chi connectivity index (χ4v) is 1.78. The molecule has 0 aliphatic carbocycles. The lowest BCUT2D eigenvalue weighted by Crippen LogP contribution is -1.92. The molecule has 2 rings (SSSR count). The Morgan fingerprint density at radius 1 is 1.54 bits per heavy atom. The van der Waals surface area contributed by atoms with Crippen molar-refractivity contribution in [2.45, 2.75) is 13.5 Å². The molecule has 1 aromatic carbocycles. The highest BCUT2D eigenvalue weighted by Crippen LogP contribution is 2.15. The van der Waals surface area contributed by atoms with Crippen LogP contribution >= 0.6 is 12.2 Å². The first-order valence-corrected chi connectivity index (χ1v) is 4.51. The molecule has 68 valence electrons. The molecule has 0 aliphatic rings. The minimum atomic E-state index is -0.233. The SMILES string of the molecule is CCn1c(=S)[nH]c2ccc(F)cc21. The molecule has 0 saturated carbocycles. The average molecular weight is 196 g/mol. The van der Waals surface area contributed by atoms with Gasteiger partial charge < -0.3 is 9.55 Å². The van der Waals surface area contributed by atoms with E-state index >= 15 is 0 Å². The lowest BCUT2D eigenvalue weighted by atomic mass is 10.3. The number of rotatable bonds is 1. The van der Waals surface area contributed by atoms with Gasteiger partial charge in [0.2, 0.25) is 0 Å². The van der Waals surface area contributed by atoms with E-state index in [1.54, 1.807) is 6.07 Å². The number of hydrogen-bond acceptors (Lipinski definition) is 1. The minimum Gasteiger partial charge on any atom is -0.331 e. The maximum absolute atomic E-state index is 12.9. The molecule has 0 spiro atoms. The van der Waals surface area contributed by atoms with Crippen molar-refractivity contribution in [3.63, 3.8) is 0 Å². The number of H-pyrrole nitrogens is 1. The molecule has 13 heavy (non-hydrogen) atoms. The average Bonchev–Trinajstić information content (AvgIpc) is 2.40. The van der Waals surface area contributed by atoms with Crippen molar-refractivity contribution in [1.82, 2.24) is 9.55 Å². The van der Waals surface area contributed by atoms with Gasteiger partial charge in [-0.15, -0.1) is 0 Å². The normalized spacial score (nSPS) is 10.9. The number of nitrogens with zero attached hydrogens (tertiary/aromatic N) is 1. The lowest BCUT2D eigenvalue weighted by molar-refractivity contribution is 0.628. The maximum Gasteiger partial charge on any atom is 0.178 e. The van der Waals surface area contributed by atoms with Crippen molar-refractivity contribution in [2.75, 3.05) is 0 Å². The third kappa shape index (κ3) is 1.27. The monoisotopic (exact) mass is 196 g/mol. The van der Waals surface area contributed by atoms with Crippen molar-refractivity contribution in [3.8, 4) is 0 Å². The summed E-state index contributed by atoms with van der Waals surface area (Å²) in [6.07, 6.45) is 0. The highest BCUT2D eigenvalue weighted by Gasteiger charge is 2.02. The molecule has 0 unspecified atom stereocenters. The summed E-state index contributed by atoms with van der Waals surface area (Å²) in [4.78, 5) is 3.02. The van der Waals surface area contributed by atoms with Gasteiger partial charge in [0, 0.05) is 6.54 Å². The third-order valence-corrected chi connectivity index (χ3v) is 2.38. The number of benzene rings is 1. The molecule has 0 aliphatic heterocycles. The van der Waals surface area contributed by atoms with E-state index in [1.165, 1.54) is 12.1 Å². The Bertz CT molecular complexity index is 498. The Kier molecular flexibility index (Phi) is 1.92. The summed E-state index contributed by atoms with van der Waals surface area (Å²) in [6, 6.07) is 4.62. The molecule has 2 aromatic rings. The fourth-order valence-electron chi connectivity index (χ4n) is 1.44. The highest BCUT2D eigenvalue weighted by molar-refractivity contribution is 7.71. The number of imidazole rings is 1. The molecule has 0 bridgehead atoms. The van der Waals surface area contributed by atoms with Gasteiger partial charge in [-0.05, 0) is 37.3 Å². The Balaban J connectivity index is 2.89. The van der Waals surface area contributed by atoms with Crippen LogP contribution < -0.4 is 0 Å². The van der Waals surface area contributed by atoms with E-state index in [1.807, 2.05) is 11.5 Å². The summed E-state index contributed by atoms with van der Waals surface area (Å²) < 4.78 is 15.4. The Morgan fingerprint density at radius 3 is 3.00 bits per heavy atom. The summed E-state index contributed by atoms with van der Waals surface area (Å²) in [7, 11) is 0. The zero-order valence-electron chi connectivity index (χ0n) is 7.17. The molecule has 1 heterocycles. The van der Waals surface area contributed by atoms with Gasteiger partial charge in [0.25, 0.3) is 0 Å². The van der Waals surface area contributed by atoms with Crippen LogP contribution in [-0.2, 0) is 6.54 Å². The molecule has 0 atom stereocenters. The first kappa shape index (κ1) is 8.44. The van der Waals surface area contributed by atoms with E-state index in [0.717, 1.165) is 17.6 Å². The summed E-state index contributed by atoms with van der Waals surface area (Å²) >= 11 is 5.08. The number of halogens is 1. The predicted octanol–water partition coefficient (Wildman–Crippen LogP) is 2.86. The summed E-state index contributed by atoms with van der Waals surface area (Å²) in [6.45, 7) is 2.73. The number of aryl methyl sites for hydroxylation is 1. The zero-order chi connectivity index (χ0) is 9.42. The molecule has 0 amide bonds. The van der Waals surface area contributed by atoms with E-state index in [4.69, 9.17) is 12.2 Å². The molecule has 0 radical (unpaired) electrons. The molecule has 0 saturated heterocycles. The van der Waals surface area contributed by atoms with E-state index in [2.05, 4.69) is 4.98 Å². The van der Waals surface area contributed by atoms with Gasteiger partial charge in [0.05, 0.1) is 11.0 Å². The first-order chi connectivity index (χ1) is 6.22. The van der Waals surface area contributed by atoms with E-state index < -0.39 is 0 Å². The van der Waals surface area contributed by atoms with E-state index in [0.29, 0.717) is 4.77 Å². The number of nitrogens with one attached hydrogen (secondary N) is 1. The van der Waals surface area contributed by atoms with Crippen molar-refractivity contribution >= 4 is 23.3 Å². The summed E-state index contributed by atoms with van der Waals surface area (Å²) in [5, 5.41) is 0. The number of aromatic nitrogens is 2. The van der Waals surface area contributed by atoms with E-state index in [9.17, 15) is 4.39 Å². The van der Waals surface area contributed by atoms with Crippen molar-refractivity contribution < 1.29 is 4.39 Å². The number of hydrogen-bond donors (Lipinski definition) is 1. The summed E-state index contributed by atoms with van der Waals surface area (Å²) in [5.41, 5.74) is 1.71. The fraction of sp³-hybridized carbons (Fsp3) is 0.222. The van der Waals surface area contributed by atoms with Crippen molar-refractivity contribution in [3.05, 3.63) is 28.8 Å². The minimum absolute atomic E-state index is 0.233. The first-order valence-electron chi connectivity index (χ1n) is 4.10. The smallest absolute Gasteiger partial charge is 0.178 e. The molecule has 0 fully saturated rings. The highest BCUT2D eigenvalue weighted by atomic mass is 32.1. The quantitative estimate of drug-likeness (QED) is 0.695. The van der Waals surface area contributed by atoms with Crippen LogP contribution in [0.4, 0.5) is 4.39 Å². The number of fused-ring (bicyclic) bond motifs is 1. The van der Waals surface area contributed by atoms with Gasteiger partial charge >= 0.3 is 0 Å². The second-order valence-electron chi connectivity index (χ2n) is 2.84. The van der Waals surface area contributed by atoms with Crippen LogP contribution in [0.5, 0.6) is 0 Å². The van der Waals surface area contributed by atoms with Gasteiger partial charge in [-0.25, -0.2) is 4.39 Å². The van der Waals surface area contributed by atoms with Crippen molar-refractivity contribution in [1.29, 1.82) is 0 Å². The van der Waals surface area contributed by atoms with Gasteiger partial charge in [0.15, 0.2) is 4.77 Å². The van der Waals surface area contributed by atoms with Gasteiger partial charge in [-0.2, -0.15) is 0 Å². The Morgan fingerprint density at radius 2 is 2.31 bits per heavy atom. The van der Waals surface area contributed by atoms with Crippen LogP contribution in [0.3, 0.4) is 0 Å². The molecule has 1 aromatic heterocycles. The lowest BCUT2D eigenvalue weighted by Gasteiger charge is -1.97. The molecular formula is C9H9FN2S. The molecular weight excluding hydrogens is 187 g/mol. The second kappa shape index (κ2) is 2.96. The number of aromatic amines is 1. The van der Waals surface area contributed by atoms with Gasteiger partial charge in [-0.3, -0.25) is 0 Å². The van der Waals surface area contributed by atoms with Gasteiger partial charge in [0.1, 0.15) is 5.82 Å². The molecule has 4 heteroatoms. The maximum atomic E-state index is 12.9. The summed E-state index contributed by atoms with van der Waals surface area (Å²) in [5.74, 6) is -0.233. The predicted molar refractivity (Wildman–Crippen MR) is 52.8 cm³/mol. The third-order valence-electron chi connectivity index (χ3n) is 2.05. The largest absolute Gasteiger partial charge is 0.331 e. The van der Waals surface area contributed by atoms with Gasteiger partial charge in [-0.1, -0.05) is 0 Å². The molecule has 2 nitrogen and oxygen atoms in total. The zero-order valence-corrected chi connectivity index (χ0v) is 7.99. The van der Waals surface area contributed by atoms with E-state index in [-0.39, 0.29) is 5.82 Å². The Hall–Kier alpha value is -1.16. The van der Waals surface area contributed by atoms with Crippen LogP contribution in [0, 0.1) is 10.6 Å². The molecule has 1 N–H and O–H groups in total. The topological polar surface area (TPSA) is 20.7 Å². The van der Waals surface area contributed by atoms with Crippen LogP contribution in [0.15, 0.2) is 18.2 Å². The van der Waals surface area contributed by atoms with Crippen LogP contribution in [-0.4, -0.2) is 9.55 Å². The van der Waals surface area contributed by atoms with Crippen molar-refractivity contribution in [2.24, 2.45) is 0 Å².